The average Bonchev–Trinajstić information content (AvgIpc) is 2.33. The van der Waals surface area contributed by atoms with Crippen molar-refractivity contribution in [3.05, 3.63) is 28.8 Å². The van der Waals surface area contributed by atoms with Crippen LogP contribution in [-0.4, -0.2) is 31.3 Å². The predicted molar refractivity (Wildman–Crippen MR) is 70.5 cm³/mol. The monoisotopic (exact) mass is 267 g/mol. The van der Waals surface area contributed by atoms with Gasteiger partial charge < -0.3 is 15.2 Å². The number of anilines is 1. The van der Waals surface area contributed by atoms with E-state index in [1.54, 1.807) is 18.2 Å². The molecule has 0 aliphatic heterocycles. The minimum Gasteiger partial charge on any atom is -0.395 e. The van der Waals surface area contributed by atoms with Gasteiger partial charge in [0.25, 0.3) is 0 Å². The summed E-state index contributed by atoms with van der Waals surface area (Å²) >= 11 is 5.87. The molecular weight excluding hydrogens is 254 g/mol. The maximum Gasteiger partial charge on any atom is 0.250 e. The van der Waals surface area contributed by atoms with E-state index in [-0.39, 0.29) is 19.1 Å². The van der Waals surface area contributed by atoms with Gasteiger partial charge in [0, 0.05) is 24.1 Å². The highest BCUT2D eigenvalue weighted by Crippen LogP contribution is 2.19. The lowest BCUT2D eigenvalue weighted by molar-refractivity contribution is -0.119. The lowest BCUT2D eigenvalue weighted by Gasteiger charge is -2.07. The predicted octanol–water partition coefficient (Wildman–Crippen LogP) is 1.66. The van der Waals surface area contributed by atoms with E-state index in [2.05, 4.69) is 17.2 Å². The molecule has 0 saturated carbocycles. The molecule has 0 spiro atoms. The van der Waals surface area contributed by atoms with E-state index in [1.807, 2.05) is 0 Å². The number of methoxy groups -OCH3 is 1. The summed E-state index contributed by atoms with van der Waals surface area (Å²) in [7, 11) is 1.45. The number of hydrogen-bond acceptors (Lipinski definition) is 3. The summed E-state index contributed by atoms with van der Waals surface area (Å²) < 4.78 is 4.73. The van der Waals surface area contributed by atoms with Crippen molar-refractivity contribution in [2.24, 2.45) is 0 Å². The number of amides is 1. The third kappa shape index (κ3) is 4.76. The molecule has 1 aromatic rings. The Morgan fingerprint density at radius 3 is 3.00 bits per heavy atom. The molecule has 0 bridgehead atoms. The van der Waals surface area contributed by atoms with E-state index in [4.69, 9.17) is 21.4 Å². The summed E-state index contributed by atoms with van der Waals surface area (Å²) in [5.41, 5.74) is 1.19. The Morgan fingerprint density at radius 1 is 1.56 bits per heavy atom. The Labute approximate surface area is 111 Å². The number of carbonyl (C=O) groups excluding carboxylic acids is 1. The first-order valence-electron chi connectivity index (χ1n) is 5.35. The smallest absolute Gasteiger partial charge is 0.250 e. The van der Waals surface area contributed by atoms with Crippen LogP contribution in [0.1, 0.15) is 12.0 Å². The second kappa shape index (κ2) is 7.72. The highest BCUT2D eigenvalue weighted by atomic mass is 35.5. The minimum atomic E-state index is -0.259. The van der Waals surface area contributed by atoms with Crippen molar-refractivity contribution in [1.29, 1.82) is 0 Å². The van der Waals surface area contributed by atoms with Crippen LogP contribution < -0.4 is 5.32 Å². The zero-order chi connectivity index (χ0) is 13.4. The molecule has 0 saturated heterocycles. The van der Waals surface area contributed by atoms with E-state index in [0.717, 1.165) is 0 Å². The number of aliphatic hydroxyl groups is 1. The summed E-state index contributed by atoms with van der Waals surface area (Å²) in [6.07, 6.45) is 0.373. The summed E-state index contributed by atoms with van der Waals surface area (Å²) in [6, 6.07) is 5.01. The quantitative estimate of drug-likeness (QED) is 0.816. The zero-order valence-corrected chi connectivity index (χ0v) is 10.8. The molecule has 1 amide bonds. The summed E-state index contributed by atoms with van der Waals surface area (Å²) in [6.45, 7) is -0.0228. The van der Waals surface area contributed by atoms with Crippen molar-refractivity contribution in [3.63, 3.8) is 0 Å². The van der Waals surface area contributed by atoms with Crippen LogP contribution in [0.5, 0.6) is 0 Å². The molecule has 2 N–H and O–H groups in total. The molecule has 4 nitrogen and oxygen atoms in total. The van der Waals surface area contributed by atoms with Gasteiger partial charge in [-0.25, -0.2) is 0 Å². The van der Waals surface area contributed by atoms with Crippen molar-refractivity contribution in [1.82, 2.24) is 0 Å². The van der Waals surface area contributed by atoms with Gasteiger partial charge in [0.2, 0.25) is 5.91 Å². The van der Waals surface area contributed by atoms with E-state index in [0.29, 0.717) is 22.7 Å². The van der Waals surface area contributed by atoms with Crippen LogP contribution in [0.15, 0.2) is 18.2 Å². The summed E-state index contributed by atoms with van der Waals surface area (Å²) in [5.74, 6) is 5.38. The van der Waals surface area contributed by atoms with Crippen LogP contribution in [0.25, 0.3) is 0 Å². The Bertz CT molecular complexity index is 477. The fourth-order valence-corrected chi connectivity index (χ4v) is 1.43. The number of benzene rings is 1. The molecule has 5 heteroatoms. The normalized spacial score (nSPS) is 9.50. The third-order valence-corrected chi connectivity index (χ3v) is 2.23. The van der Waals surface area contributed by atoms with Gasteiger partial charge in [-0.2, -0.15) is 0 Å². The number of halogens is 1. The fraction of sp³-hybridized carbons (Fsp3) is 0.308. The lowest BCUT2D eigenvalue weighted by Crippen LogP contribution is -2.17. The van der Waals surface area contributed by atoms with Crippen LogP contribution in [0.2, 0.25) is 5.02 Å². The second-order valence-corrected chi connectivity index (χ2v) is 3.88. The van der Waals surface area contributed by atoms with Gasteiger partial charge in [0.15, 0.2) is 0 Å². The first-order chi connectivity index (χ1) is 8.67. The van der Waals surface area contributed by atoms with Gasteiger partial charge in [0.05, 0.1) is 12.3 Å². The maximum absolute atomic E-state index is 11.4. The first-order valence-corrected chi connectivity index (χ1v) is 5.73. The maximum atomic E-state index is 11.4. The third-order valence-electron chi connectivity index (χ3n) is 1.99. The van der Waals surface area contributed by atoms with E-state index in [1.165, 1.54) is 7.11 Å². The van der Waals surface area contributed by atoms with E-state index >= 15 is 0 Å². The van der Waals surface area contributed by atoms with Crippen molar-refractivity contribution >= 4 is 23.2 Å². The van der Waals surface area contributed by atoms with Crippen LogP contribution in [0.3, 0.4) is 0 Å². The van der Waals surface area contributed by atoms with Gasteiger partial charge in [0.1, 0.15) is 6.61 Å². The fourth-order valence-electron chi connectivity index (χ4n) is 1.26. The molecule has 0 radical (unpaired) electrons. The highest BCUT2D eigenvalue weighted by Gasteiger charge is 2.05. The molecule has 0 heterocycles. The van der Waals surface area contributed by atoms with Crippen molar-refractivity contribution < 1.29 is 14.6 Å². The lowest BCUT2D eigenvalue weighted by atomic mass is 10.1. The van der Waals surface area contributed by atoms with E-state index < -0.39 is 0 Å². The molecule has 0 aliphatic carbocycles. The minimum absolute atomic E-state index is 0.00106. The van der Waals surface area contributed by atoms with Gasteiger partial charge in [-0.15, -0.1) is 0 Å². The SMILES string of the molecule is COCC(=O)Nc1ccc(Cl)cc1C#CCCO. The Balaban J connectivity index is 2.90. The number of aliphatic hydroxyl groups excluding tert-OH is 1. The molecule has 18 heavy (non-hydrogen) atoms. The Hall–Kier alpha value is -1.54. The van der Waals surface area contributed by atoms with Crippen LogP contribution in [-0.2, 0) is 9.53 Å². The summed E-state index contributed by atoms with van der Waals surface area (Å²) in [4.78, 5) is 11.4. The number of nitrogens with one attached hydrogen (secondary N) is 1. The highest BCUT2D eigenvalue weighted by molar-refractivity contribution is 6.30. The zero-order valence-electron chi connectivity index (χ0n) is 10.00. The molecule has 0 atom stereocenters. The van der Waals surface area contributed by atoms with Crippen molar-refractivity contribution in [3.8, 4) is 11.8 Å². The number of ether oxygens (including phenoxy) is 1. The molecule has 1 aromatic carbocycles. The van der Waals surface area contributed by atoms with Crippen molar-refractivity contribution in [2.75, 3.05) is 25.6 Å². The molecule has 1 rings (SSSR count). The number of carbonyl (C=O) groups is 1. The van der Waals surface area contributed by atoms with Crippen LogP contribution in [0, 0.1) is 11.8 Å². The second-order valence-electron chi connectivity index (χ2n) is 3.45. The van der Waals surface area contributed by atoms with E-state index in [9.17, 15) is 4.79 Å². The molecule has 0 aliphatic rings. The van der Waals surface area contributed by atoms with Gasteiger partial charge in [-0.1, -0.05) is 23.4 Å². The van der Waals surface area contributed by atoms with Gasteiger partial charge >= 0.3 is 0 Å². The molecule has 0 fully saturated rings. The van der Waals surface area contributed by atoms with Crippen molar-refractivity contribution in [2.45, 2.75) is 6.42 Å². The van der Waals surface area contributed by atoms with Gasteiger partial charge in [-0.05, 0) is 18.2 Å². The first kappa shape index (κ1) is 14.5. The Kier molecular flexibility index (Phi) is 6.23. The topological polar surface area (TPSA) is 58.6 Å². The van der Waals surface area contributed by atoms with Gasteiger partial charge in [-0.3, -0.25) is 4.79 Å². The standard InChI is InChI=1S/C13H14ClNO3/c1-18-9-13(17)15-12-6-5-11(14)8-10(12)4-2-3-7-16/h5-6,8,16H,3,7,9H2,1H3,(H,15,17). The Morgan fingerprint density at radius 2 is 2.33 bits per heavy atom. The largest absolute Gasteiger partial charge is 0.395 e. The molecule has 0 unspecified atom stereocenters. The van der Waals surface area contributed by atoms with Crippen LogP contribution >= 0.6 is 11.6 Å². The van der Waals surface area contributed by atoms with Crippen LogP contribution in [0.4, 0.5) is 5.69 Å². The molecule has 0 aromatic heterocycles. The summed E-state index contributed by atoms with van der Waals surface area (Å²) in [5, 5.41) is 11.9. The number of rotatable bonds is 4. The average molecular weight is 268 g/mol. The molecular formula is C13H14ClNO3. The molecule has 96 valence electrons. The number of hydrogen-bond donors (Lipinski definition) is 2.